The summed E-state index contributed by atoms with van der Waals surface area (Å²) >= 11 is 0. The predicted octanol–water partition coefficient (Wildman–Crippen LogP) is 2.80. The molecule has 1 aromatic heterocycles. The lowest BCUT2D eigenvalue weighted by atomic mass is 9.97. The van der Waals surface area contributed by atoms with E-state index in [9.17, 15) is 10.1 Å². The summed E-state index contributed by atoms with van der Waals surface area (Å²) in [4.78, 5) is 20.9. The number of nitriles is 1. The van der Waals surface area contributed by atoms with Crippen LogP contribution in [0.2, 0.25) is 0 Å². The fourth-order valence-corrected chi connectivity index (χ4v) is 3.19. The number of hydrogen-bond donors (Lipinski definition) is 0. The molecule has 1 fully saturated rings. The number of carbonyl (C=O) groups excluding carboxylic acids is 1. The maximum Gasteiger partial charge on any atom is 0.223 e. The first-order chi connectivity index (χ1) is 12.2. The second-order valence-corrected chi connectivity index (χ2v) is 6.37. The van der Waals surface area contributed by atoms with Gasteiger partial charge in [-0.2, -0.15) is 5.26 Å². The average molecular weight is 334 g/mol. The molecule has 0 radical (unpaired) electrons. The van der Waals surface area contributed by atoms with Crippen LogP contribution in [-0.4, -0.2) is 42.0 Å². The van der Waals surface area contributed by atoms with Crippen LogP contribution in [0, 0.1) is 11.3 Å². The van der Waals surface area contributed by atoms with Crippen molar-refractivity contribution in [3.63, 3.8) is 0 Å². The van der Waals surface area contributed by atoms with Crippen molar-refractivity contribution in [3.8, 4) is 6.07 Å². The lowest BCUT2D eigenvalue weighted by Gasteiger charge is -2.36. The summed E-state index contributed by atoms with van der Waals surface area (Å²) < 4.78 is 0. The zero-order valence-electron chi connectivity index (χ0n) is 14.4. The second-order valence-electron chi connectivity index (χ2n) is 6.37. The topological polar surface area (TPSA) is 60.2 Å². The zero-order chi connectivity index (χ0) is 17.6. The van der Waals surface area contributed by atoms with Crippen LogP contribution in [0.15, 0.2) is 48.7 Å². The van der Waals surface area contributed by atoms with Gasteiger partial charge >= 0.3 is 0 Å². The minimum absolute atomic E-state index is 0.192. The fraction of sp³-hybridized carbons (Fsp3) is 0.350. The van der Waals surface area contributed by atoms with Gasteiger partial charge in [0.2, 0.25) is 5.91 Å². The van der Waals surface area contributed by atoms with Crippen molar-refractivity contribution >= 4 is 11.7 Å². The van der Waals surface area contributed by atoms with E-state index in [1.807, 2.05) is 23.1 Å². The summed E-state index contributed by atoms with van der Waals surface area (Å²) in [6.07, 6.45) is 2.23. The molecule has 1 aliphatic heterocycles. The smallest absolute Gasteiger partial charge is 0.223 e. The van der Waals surface area contributed by atoms with Crippen LogP contribution in [0.25, 0.3) is 0 Å². The van der Waals surface area contributed by atoms with E-state index in [1.54, 1.807) is 18.3 Å². The minimum Gasteiger partial charge on any atom is -0.352 e. The number of aromatic nitrogens is 1. The molecule has 0 aliphatic carbocycles. The Morgan fingerprint density at radius 2 is 1.88 bits per heavy atom. The molecule has 5 nitrogen and oxygen atoms in total. The number of hydrogen-bond acceptors (Lipinski definition) is 4. The van der Waals surface area contributed by atoms with Crippen molar-refractivity contribution in [2.45, 2.75) is 19.3 Å². The van der Waals surface area contributed by atoms with E-state index in [1.165, 1.54) is 5.56 Å². The monoisotopic (exact) mass is 334 g/mol. The van der Waals surface area contributed by atoms with E-state index >= 15 is 0 Å². The van der Waals surface area contributed by atoms with Crippen LogP contribution in [0.5, 0.6) is 0 Å². The molecular weight excluding hydrogens is 312 g/mol. The first-order valence-electron chi connectivity index (χ1n) is 8.62. The highest BCUT2D eigenvalue weighted by molar-refractivity contribution is 5.77. The summed E-state index contributed by atoms with van der Waals surface area (Å²) in [5.74, 6) is 1.12. The van der Waals surface area contributed by atoms with Crippen LogP contribution >= 0.6 is 0 Å². The van der Waals surface area contributed by atoms with Gasteiger partial charge in [0, 0.05) is 38.8 Å². The van der Waals surface area contributed by atoms with Crippen molar-refractivity contribution < 1.29 is 4.79 Å². The van der Waals surface area contributed by atoms with Crippen LogP contribution < -0.4 is 4.90 Å². The molecule has 0 saturated carbocycles. The molecule has 5 heteroatoms. The van der Waals surface area contributed by atoms with Gasteiger partial charge in [-0.15, -0.1) is 0 Å². The Kier molecular flexibility index (Phi) is 5.30. The Labute approximate surface area is 148 Å². The van der Waals surface area contributed by atoms with E-state index in [0.29, 0.717) is 38.2 Å². The van der Waals surface area contributed by atoms with Crippen molar-refractivity contribution in [1.82, 2.24) is 9.88 Å². The van der Waals surface area contributed by atoms with E-state index in [4.69, 9.17) is 0 Å². The molecule has 1 aliphatic rings. The Hall–Kier alpha value is -2.87. The summed E-state index contributed by atoms with van der Waals surface area (Å²) in [6, 6.07) is 15.9. The van der Waals surface area contributed by atoms with Gasteiger partial charge in [-0.3, -0.25) is 4.79 Å². The fourth-order valence-electron chi connectivity index (χ4n) is 3.19. The number of carbonyl (C=O) groups is 1. The number of benzene rings is 1. The van der Waals surface area contributed by atoms with E-state index < -0.39 is 0 Å². The first kappa shape index (κ1) is 17.0. The van der Waals surface area contributed by atoms with Gasteiger partial charge in [0.1, 0.15) is 11.9 Å². The Balaban J connectivity index is 1.57. The van der Waals surface area contributed by atoms with E-state index in [0.717, 1.165) is 5.82 Å². The largest absolute Gasteiger partial charge is 0.352 e. The second kappa shape index (κ2) is 7.80. The summed E-state index contributed by atoms with van der Waals surface area (Å²) in [5, 5.41) is 9.22. The van der Waals surface area contributed by atoms with Gasteiger partial charge in [0.05, 0.1) is 5.56 Å². The molecule has 2 aromatic rings. The first-order valence-corrected chi connectivity index (χ1v) is 8.62. The zero-order valence-corrected chi connectivity index (χ0v) is 14.4. The van der Waals surface area contributed by atoms with Crippen LogP contribution in [0.3, 0.4) is 0 Å². The molecule has 25 heavy (non-hydrogen) atoms. The van der Waals surface area contributed by atoms with Crippen molar-refractivity contribution in [3.05, 3.63) is 59.8 Å². The van der Waals surface area contributed by atoms with Crippen molar-refractivity contribution in [2.24, 2.45) is 0 Å². The molecule has 1 amide bonds. The molecule has 1 unspecified atom stereocenters. The third-order valence-corrected chi connectivity index (χ3v) is 4.69. The SMILES string of the molecule is CC(CC(=O)N1CCN(c2ncccc2C#N)CC1)c1ccccc1. The van der Waals surface area contributed by atoms with Crippen molar-refractivity contribution in [1.29, 1.82) is 5.26 Å². The number of amides is 1. The van der Waals surface area contributed by atoms with Crippen LogP contribution in [0.1, 0.15) is 30.4 Å². The molecule has 2 heterocycles. The number of rotatable bonds is 4. The van der Waals surface area contributed by atoms with Gasteiger partial charge in [-0.1, -0.05) is 37.3 Å². The van der Waals surface area contributed by atoms with Gasteiger partial charge in [0.25, 0.3) is 0 Å². The van der Waals surface area contributed by atoms with E-state index in [2.05, 4.69) is 35.0 Å². The lowest BCUT2D eigenvalue weighted by Crippen LogP contribution is -2.49. The number of anilines is 1. The Morgan fingerprint density at radius 1 is 1.16 bits per heavy atom. The number of nitrogens with zero attached hydrogens (tertiary/aromatic N) is 4. The average Bonchev–Trinajstić information content (AvgIpc) is 2.68. The maximum atomic E-state index is 12.6. The summed E-state index contributed by atoms with van der Waals surface area (Å²) in [5.41, 5.74) is 1.78. The maximum absolute atomic E-state index is 12.6. The van der Waals surface area contributed by atoms with Crippen LogP contribution in [-0.2, 0) is 4.79 Å². The molecule has 1 saturated heterocycles. The van der Waals surface area contributed by atoms with Gasteiger partial charge < -0.3 is 9.80 Å². The van der Waals surface area contributed by atoms with Gasteiger partial charge in [-0.05, 0) is 23.6 Å². The van der Waals surface area contributed by atoms with Gasteiger partial charge in [-0.25, -0.2) is 4.98 Å². The Morgan fingerprint density at radius 3 is 2.56 bits per heavy atom. The Bertz CT molecular complexity index is 761. The quantitative estimate of drug-likeness (QED) is 0.863. The van der Waals surface area contributed by atoms with E-state index in [-0.39, 0.29) is 11.8 Å². The third-order valence-electron chi connectivity index (χ3n) is 4.69. The molecular formula is C20H22N4O. The predicted molar refractivity (Wildman–Crippen MR) is 97.2 cm³/mol. The van der Waals surface area contributed by atoms with Crippen molar-refractivity contribution in [2.75, 3.05) is 31.1 Å². The third kappa shape index (κ3) is 3.97. The standard InChI is InChI=1S/C20H22N4O/c1-16(17-6-3-2-4-7-17)14-19(25)23-10-12-24(13-11-23)20-18(15-21)8-5-9-22-20/h2-9,16H,10-14H2,1H3. The molecule has 0 bridgehead atoms. The van der Waals surface area contributed by atoms with Gasteiger partial charge in [0.15, 0.2) is 0 Å². The minimum atomic E-state index is 0.192. The molecule has 0 N–H and O–H groups in total. The molecule has 128 valence electrons. The molecule has 1 aromatic carbocycles. The number of pyridine rings is 1. The summed E-state index contributed by atoms with van der Waals surface area (Å²) in [7, 11) is 0. The highest BCUT2D eigenvalue weighted by Gasteiger charge is 2.24. The molecule has 3 rings (SSSR count). The highest BCUT2D eigenvalue weighted by atomic mass is 16.2. The highest BCUT2D eigenvalue weighted by Crippen LogP contribution is 2.22. The summed E-state index contributed by atoms with van der Waals surface area (Å²) in [6.45, 7) is 4.84. The normalized spacial score (nSPS) is 15.5. The van der Waals surface area contributed by atoms with Crippen LogP contribution in [0.4, 0.5) is 5.82 Å². The number of piperazine rings is 1. The molecule has 0 spiro atoms. The molecule has 1 atom stereocenters. The lowest BCUT2D eigenvalue weighted by molar-refractivity contribution is -0.131.